The van der Waals surface area contributed by atoms with Crippen LogP contribution in [-0.4, -0.2) is 297 Å². The minimum Gasteiger partial charge on any atom is -0.505 e. The third-order valence-corrected chi connectivity index (χ3v) is 16.4. The van der Waals surface area contributed by atoms with Gasteiger partial charge in [-0.25, -0.2) is 13.6 Å². The summed E-state index contributed by atoms with van der Waals surface area (Å²) >= 11 is 0. The maximum atomic E-state index is 16.1. The van der Waals surface area contributed by atoms with Crippen LogP contribution in [-0.2, 0) is 111 Å². The molecule has 9 amide bonds. The van der Waals surface area contributed by atoms with E-state index in [4.69, 9.17) is 47.4 Å². The summed E-state index contributed by atoms with van der Waals surface area (Å²) in [5.74, 6) is -13.1. The molecule has 8 N–H and O–H groups in total. The molecule has 0 aliphatic carbocycles. The largest absolute Gasteiger partial charge is 0.505 e. The number of aromatic hydroxyl groups is 2. The van der Waals surface area contributed by atoms with Crippen LogP contribution in [0.1, 0.15) is 116 Å². The average molecular weight is 1580 g/mol. The first kappa shape index (κ1) is 92.3. The van der Waals surface area contributed by atoms with Crippen molar-refractivity contribution in [3.63, 3.8) is 0 Å². The molecule has 1 atom stereocenters. The third-order valence-electron chi connectivity index (χ3n) is 16.4. The number of halogens is 2. The summed E-state index contributed by atoms with van der Waals surface area (Å²) in [7, 11) is 0. The van der Waals surface area contributed by atoms with E-state index in [2.05, 4.69) is 31.9 Å². The fourth-order valence-electron chi connectivity index (χ4n) is 10.9. The number of hydrogen-bond donors (Lipinski definition) is 8. The first-order valence-corrected chi connectivity index (χ1v) is 36.3. The Labute approximate surface area is 644 Å². The molecule has 0 aromatic heterocycles. The number of nitrogens with one attached hydrogen (secondary N) is 6. The van der Waals surface area contributed by atoms with Crippen molar-refractivity contribution in [3.05, 3.63) is 81.9 Å². The van der Waals surface area contributed by atoms with Gasteiger partial charge in [0.1, 0.15) is 43.7 Å². The minimum absolute atomic E-state index is 0.0752. The highest BCUT2D eigenvalue weighted by Crippen LogP contribution is 2.58. The van der Waals surface area contributed by atoms with Crippen molar-refractivity contribution in [1.29, 1.82) is 0 Å². The standard InChI is InChI=1S/C74H99F2N9O27/c1-48(86)44-107-35-31-103-27-17-77-62(93)12-22-83(23-13-63(94)78-18-28-104-32-36-108-45-49(2)87)67(98)10-6-53(90)11-21-84(69(100)43-82-72(101)52-5-7-55-54(39-52)73(102)112-74(55)56-40-57(75)59(92)41-61(56)111-60-9-8-58(91)71(76)70(60)74)26-16-66(97)81-42-68(99)85(24-14-64(95)79-19-29-105-33-37-109-46-50(3)88)25-15-65(96)80-20-30-106-34-38-110-47-51(4)89/h5,7-9,39-41,91-92H,6,10-38,42-47H2,1-4H3,(H,77,93)(H,78,94)(H,79,95)(H,80,96)(H,81,97)(H,82,101). The van der Waals surface area contributed by atoms with Gasteiger partial charge in [0.15, 0.2) is 51.9 Å². The Morgan fingerprint density at radius 2 is 0.804 bits per heavy atom. The quantitative estimate of drug-likeness (QED) is 0.0271. The summed E-state index contributed by atoms with van der Waals surface area (Å²) in [6.45, 7) is 3.85. The van der Waals surface area contributed by atoms with Crippen molar-refractivity contribution in [2.45, 2.75) is 84.7 Å². The number of phenols is 2. The van der Waals surface area contributed by atoms with Crippen LogP contribution in [0.25, 0.3) is 0 Å². The topological polar surface area (TPSA) is 471 Å². The molecule has 0 saturated carbocycles. The average Bonchev–Trinajstić information content (AvgIpc) is 1.48. The van der Waals surface area contributed by atoms with Crippen LogP contribution in [0, 0.1) is 11.6 Å². The lowest BCUT2D eigenvalue weighted by Crippen LogP contribution is -2.45. The van der Waals surface area contributed by atoms with Gasteiger partial charge in [0, 0.05) is 134 Å². The molecular formula is C74H99F2N9O27. The number of nitrogens with zero attached hydrogens (tertiary/aromatic N) is 3. The zero-order valence-corrected chi connectivity index (χ0v) is 63.2. The van der Waals surface area contributed by atoms with Crippen molar-refractivity contribution in [1.82, 2.24) is 46.6 Å². The number of rotatable bonds is 58. The lowest BCUT2D eigenvalue weighted by atomic mass is 9.77. The Balaban J connectivity index is 1.29. The zero-order valence-electron chi connectivity index (χ0n) is 63.2. The molecule has 2 heterocycles. The molecule has 5 rings (SSSR count). The molecule has 3 aromatic carbocycles. The van der Waals surface area contributed by atoms with Gasteiger partial charge < -0.3 is 104 Å². The Hall–Kier alpha value is -10.4. The van der Waals surface area contributed by atoms with Crippen molar-refractivity contribution < 1.29 is 138 Å². The van der Waals surface area contributed by atoms with E-state index in [9.17, 15) is 82.1 Å². The second kappa shape index (κ2) is 49.8. The number of esters is 1. The second-order valence-electron chi connectivity index (χ2n) is 25.5. The highest BCUT2D eigenvalue weighted by atomic mass is 19.1. The van der Waals surface area contributed by atoms with Crippen LogP contribution in [0.5, 0.6) is 23.0 Å². The molecule has 112 heavy (non-hydrogen) atoms. The summed E-state index contributed by atoms with van der Waals surface area (Å²) in [5.41, 5.74) is -3.91. The van der Waals surface area contributed by atoms with Crippen LogP contribution >= 0.6 is 0 Å². The van der Waals surface area contributed by atoms with Crippen LogP contribution in [0.15, 0.2) is 42.5 Å². The highest BCUT2D eigenvalue weighted by molar-refractivity contribution is 6.03. The molecule has 38 heteroatoms. The number of phenolic OH excluding ortho intramolecular Hbond substituents is 2. The first-order chi connectivity index (χ1) is 53.6. The van der Waals surface area contributed by atoms with Gasteiger partial charge >= 0.3 is 5.97 Å². The molecule has 2 aliphatic rings. The smallest absolute Gasteiger partial charge is 0.340 e. The predicted molar refractivity (Wildman–Crippen MR) is 386 cm³/mol. The van der Waals surface area contributed by atoms with Crippen LogP contribution in [0.2, 0.25) is 0 Å². The van der Waals surface area contributed by atoms with Crippen molar-refractivity contribution in [3.8, 4) is 23.0 Å². The molecule has 1 unspecified atom stereocenters. The molecule has 1 spiro atoms. The second-order valence-corrected chi connectivity index (χ2v) is 25.5. The first-order valence-electron chi connectivity index (χ1n) is 36.3. The van der Waals surface area contributed by atoms with Gasteiger partial charge in [0.25, 0.3) is 5.91 Å². The zero-order chi connectivity index (χ0) is 82.0. The van der Waals surface area contributed by atoms with E-state index in [-0.39, 0.29) is 241 Å². The number of fused-ring (bicyclic) bond motifs is 6. The van der Waals surface area contributed by atoms with Gasteiger partial charge in [-0.2, -0.15) is 0 Å². The highest BCUT2D eigenvalue weighted by Gasteiger charge is 2.56. The molecule has 0 bridgehead atoms. The number of carbonyl (C=O) groups is 15. The van der Waals surface area contributed by atoms with Crippen molar-refractivity contribution >= 4 is 88.1 Å². The SMILES string of the molecule is CC(=O)COCCOCCNC(=O)CCN(CCC(=O)NCCOCCOCC(C)=O)C(=O)CCC(=O)CCN(CCC(=O)NCC(=O)N(CCC(=O)NCCOCCOCC(C)=O)CCC(=O)NCCOCCOCC(C)=O)C(=O)CNC(=O)c1ccc2c(c1)C(=O)OC21c2cc(F)c(O)cc2Oc2ccc(O)c(F)c21. The number of Topliss-reactive ketones (excluding diaryl/α,β-unsaturated/α-hetero) is 5. The summed E-state index contributed by atoms with van der Waals surface area (Å²) < 4.78 is 85.1. The van der Waals surface area contributed by atoms with Gasteiger partial charge in [0.05, 0.1) is 109 Å². The summed E-state index contributed by atoms with van der Waals surface area (Å²) in [5, 5.41) is 36.3. The fourth-order valence-corrected chi connectivity index (χ4v) is 10.9. The number of ether oxygens (including phenoxy) is 10. The molecule has 0 radical (unpaired) electrons. The maximum Gasteiger partial charge on any atom is 0.340 e. The molecule has 0 saturated heterocycles. The van der Waals surface area contributed by atoms with Crippen LogP contribution in [0.3, 0.4) is 0 Å². The van der Waals surface area contributed by atoms with Crippen molar-refractivity contribution in [2.24, 2.45) is 0 Å². The van der Waals surface area contributed by atoms with Crippen LogP contribution < -0.4 is 36.6 Å². The van der Waals surface area contributed by atoms with Gasteiger partial charge in [-0.1, -0.05) is 6.07 Å². The van der Waals surface area contributed by atoms with E-state index in [1.807, 2.05) is 0 Å². The number of ketones is 5. The molecule has 616 valence electrons. The lowest BCUT2D eigenvalue weighted by Gasteiger charge is -2.36. The van der Waals surface area contributed by atoms with Gasteiger partial charge in [0.2, 0.25) is 47.3 Å². The molecule has 2 aliphatic heterocycles. The lowest BCUT2D eigenvalue weighted by molar-refractivity contribution is -0.136. The Morgan fingerprint density at radius 3 is 1.23 bits per heavy atom. The van der Waals surface area contributed by atoms with Gasteiger partial charge in [-0.05, 0) is 58.0 Å². The fraction of sp³-hybridized carbons (Fsp3) is 0.554. The van der Waals surface area contributed by atoms with E-state index >= 15 is 8.78 Å². The van der Waals surface area contributed by atoms with Gasteiger partial charge in [-0.15, -0.1) is 0 Å². The summed E-state index contributed by atoms with van der Waals surface area (Å²) in [4.78, 5) is 197. The van der Waals surface area contributed by atoms with Crippen molar-refractivity contribution in [2.75, 3.05) is 184 Å². The van der Waals surface area contributed by atoms with E-state index in [1.54, 1.807) is 0 Å². The monoisotopic (exact) mass is 1580 g/mol. The number of benzene rings is 3. The van der Waals surface area contributed by atoms with Gasteiger partial charge in [-0.3, -0.25) is 67.1 Å². The van der Waals surface area contributed by atoms with E-state index in [0.29, 0.717) is 0 Å². The molecule has 0 fully saturated rings. The number of hydrogen-bond acceptors (Lipinski definition) is 27. The molecule has 36 nitrogen and oxygen atoms in total. The number of carbonyl (C=O) groups excluding carboxylic acids is 15. The summed E-state index contributed by atoms with van der Waals surface area (Å²) in [6, 6.07) is 7.18. The maximum absolute atomic E-state index is 16.1. The number of amides is 9. The minimum atomic E-state index is -2.34. The van der Waals surface area contributed by atoms with Crippen LogP contribution in [0.4, 0.5) is 8.78 Å². The Bertz CT molecular complexity index is 3550. The molecular weight excluding hydrogens is 1480 g/mol. The van der Waals surface area contributed by atoms with E-state index < -0.39 is 151 Å². The Morgan fingerprint density at radius 1 is 0.411 bits per heavy atom. The Kier molecular flexibility index (Phi) is 41.0. The summed E-state index contributed by atoms with van der Waals surface area (Å²) in [6.07, 6.45) is -2.76. The third kappa shape index (κ3) is 32.9. The predicted octanol–water partition coefficient (Wildman–Crippen LogP) is -0.0807. The normalized spacial score (nSPS) is 12.9. The van der Waals surface area contributed by atoms with E-state index in [0.717, 1.165) is 35.2 Å². The molecule has 3 aromatic rings. The van der Waals surface area contributed by atoms with E-state index in [1.165, 1.54) is 49.6 Å².